The van der Waals surface area contributed by atoms with Crippen LogP contribution in [0.4, 0.5) is 19.0 Å². The fourth-order valence-corrected chi connectivity index (χ4v) is 3.82. The number of fused-ring (bicyclic) bond motifs is 2. The molecular weight excluding hydrogens is 435 g/mol. The van der Waals surface area contributed by atoms with Gasteiger partial charge in [-0.1, -0.05) is 12.1 Å². The number of benzene rings is 2. The maximum Gasteiger partial charge on any atom is 0.326 e. The van der Waals surface area contributed by atoms with Crippen molar-refractivity contribution in [3.05, 3.63) is 63.6 Å². The van der Waals surface area contributed by atoms with Crippen LogP contribution in [0.25, 0.3) is 21.9 Å². The molecule has 2 aromatic heterocycles. The second-order valence-corrected chi connectivity index (χ2v) is 8.70. The Morgan fingerprint density at radius 1 is 1.21 bits per heavy atom. The van der Waals surface area contributed by atoms with Crippen molar-refractivity contribution in [1.82, 2.24) is 19.5 Å². The standard InChI is InChI=1S/C23H24F3N5O2/c1-11(13-7-6-8-15(19(13)24)23(25,26)22(3,4)33)27-20-14-9-17-18(31(5)21(32)30-17)10-16(14)28-12(2)29-20/h6-11,33H,1-5H3,(H,30,32)(H,27,28,29)/t11-/m1/s1. The number of aryl methyl sites for hydroxylation is 2. The molecule has 174 valence electrons. The van der Waals surface area contributed by atoms with Gasteiger partial charge < -0.3 is 15.4 Å². The molecule has 0 spiro atoms. The smallest absolute Gasteiger partial charge is 0.326 e. The predicted octanol–water partition coefficient (Wildman–Crippen LogP) is 4.29. The summed E-state index contributed by atoms with van der Waals surface area (Å²) in [4.78, 5) is 23.6. The van der Waals surface area contributed by atoms with Crippen LogP contribution >= 0.6 is 0 Å². The van der Waals surface area contributed by atoms with E-state index in [0.29, 0.717) is 33.6 Å². The first-order valence-electron chi connectivity index (χ1n) is 10.3. The third-order valence-corrected chi connectivity index (χ3v) is 5.79. The van der Waals surface area contributed by atoms with Crippen LogP contribution in [-0.2, 0) is 13.0 Å². The molecule has 2 heterocycles. The Hall–Kier alpha value is -3.40. The maximum absolute atomic E-state index is 15.2. The number of aliphatic hydroxyl groups is 1. The number of imidazole rings is 1. The number of alkyl halides is 2. The molecule has 0 unspecified atom stereocenters. The largest absolute Gasteiger partial charge is 0.384 e. The second kappa shape index (κ2) is 7.58. The van der Waals surface area contributed by atoms with Crippen molar-refractivity contribution in [3.63, 3.8) is 0 Å². The molecule has 0 saturated heterocycles. The zero-order valence-electron chi connectivity index (χ0n) is 18.8. The first-order valence-corrected chi connectivity index (χ1v) is 10.3. The van der Waals surface area contributed by atoms with E-state index in [1.807, 2.05) is 0 Å². The van der Waals surface area contributed by atoms with Crippen molar-refractivity contribution in [2.75, 3.05) is 5.32 Å². The van der Waals surface area contributed by atoms with Gasteiger partial charge in [0, 0.05) is 18.0 Å². The molecule has 0 amide bonds. The molecule has 2 aromatic carbocycles. The molecule has 0 aliphatic rings. The van der Waals surface area contributed by atoms with Crippen LogP contribution in [0.2, 0.25) is 0 Å². The van der Waals surface area contributed by atoms with Gasteiger partial charge in [0.25, 0.3) is 0 Å². The summed E-state index contributed by atoms with van der Waals surface area (Å²) in [5.41, 5.74) is -1.79. The second-order valence-electron chi connectivity index (χ2n) is 8.70. The maximum atomic E-state index is 15.2. The minimum Gasteiger partial charge on any atom is -0.384 e. The Morgan fingerprint density at radius 2 is 1.91 bits per heavy atom. The molecule has 4 aromatic rings. The molecule has 7 nitrogen and oxygen atoms in total. The summed E-state index contributed by atoms with van der Waals surface area (Å²) in [6.45, 7) is 5.19. The molecule has 0 fully saturated rings. The van der Waals surface area contributed by atoms with Crippen LogP contribution < -0.4 is 11.0 Å². The van der Waals surface area contributed by atoms with Crippen LogP contribution in [-0.4, -0.2) is 30.2 Å². The van der Waals surface area contributed by atoms with Gasteiger partial charge in [-0.05, 0) is 45.9 Å². The lowest BCUT2D eigenvalue weighted by molar-refractivity contribution is -0.170. The van der Waals surface area contributed by atoms with Gasteiger partial charge in [-0.25, -0.2) is 19.2 Å². The van der Waals surface area contributed by atoms with Gasteiger partial charge in [0.2, 0.25) is 0 Å². The number of nitrogens with one attached hydrogen (secondary N) is 2. The molecule has 0 aliphatic carbocycles. The minimum atomic E-state index is -3.80. The molecule has 33 heavy (non-hydrogen) atoms. The highest BCUT2D eigenvalue weighted by atomic mass is 19.3. The van der Waals surface area contributed by atoms with Crippen LogP contribution in [0, 0.1) is 12.7 Å². The molecule has 0 radical (unpaired) electrons. The van der Waals surface area contributed by atoms with Gasteiger partial charge in [-0.3, -0.25) is 4.57 Å². The van der Waals surface area contributed by atoms with E-state index >= 15 is 4.39 Å². The van der Waals surface area contributed by atoms with E-state index in [1.54, 1.807) is 33.0 Å². The van der Waals surface area contributed by atoms with Crippen molar-refractivity contribution in [3.8, 4) is 0 Å². The summed E-state index contributed by atoms with van der Waals surface area (Å²) in [6.07, 6.45) is 0. The highest BCUT2D eigenvalue weighted by Crippen LogP contribution is 2.41. The van der Waals surface area contributed by atoms with E-state index in [4.69, 9.17) is 0 Å². The average Bonchev–Trinajstić information content (AvgIpc) is 2.99. The van der Waals surface area contributed by atoms with Gasteiger partial charge in [0.15, 0.2) is 0 Å². The Balaban J connectivity index is 1.79. The number of halogens is 3. The number of hydrogen-bond donors (Lipinski definition) is 3. The third-order valence-electron chi connectivity index (χ3n) is 5.79. The Labute approximate surface area is 187 Å². The SMILES string of the molecule is Cc1nc(N[C@H](C)c2cccc(C(F)(F)C(C)(C)O)c2F)c2cc3[nH]c(=O)n(C)c3cc2n1. The number of aromatic nitrogens is 4. The number of H-pyrrole nitrogens is 1. The van der Waals surface area contributed by atoms with Crippen molar-refractivity contribution < 1.29 is 18.3 Å². The molecule has 0 saturated carbocycles. The fourth-order valence-electron chi connectivity index (χ4n) is 3.82. The molecule has 4 rings (SSSR count). The summed E-state index contributed by atoms with van der Waals surface area (Å²) >= 11 is 0. The zero-order chi connectivity index (χ0) is 24.3. The van der Waals surface area contributed by atoms with E-state index in [9.17, 15) is 18.7 Å². The highest BCUT2D eigenvalue weighted by molar-refractivity contribution is 5.98. The van der Waals surface area contributed by atoms with E-state index in [0.717, 1.165) is 19.9 Å². The lowest BCUT2D eigenvalue weighted by Crippen LogP contribution is -2.41. The van der Waals surface area contributed by atoms with E-state index in [-0.39, 0.29) is 11.3 Å². The molecule has 0 bridgehead atoms. The van der Waals surface area contributed by atoms with Crippen molar-refractivity contribution >= 4 is 27.8 Å². The van der Waals surface area contributed by atoms with Crippen LogP contribution in [0.1, 0.15) is 43.8 Å². The fraction of sp³-hybridized carbons (Fsp3) is 0.348. The number of rotatable bonds is 5. The Bertz CT molecular complexity index is 1440. The Morgan fingerprint density at radius 3 is 2.58 bits per heavy atom. The first kappa shape index (κ1) is 22.8. The van der Waals surface area contributed by atoms with Crippen LogP contribution in [0.5, 0.6) is 0 Å². The Kier molecular flexibility index (Phi) is 5.24. The van der Waals surface area contributed by atoms with Crippen molar-refractivity contribution in [2.45, 2.75) is 45.3 Å². The third kappa shape index (κ3) is 3.74. The molecule has 3 N–H and O–H groups in total. The topological polar surface area (TPSA) is 95.8 Å². The number of nitrogens with zero attached hydrogens (tertiary/aromatic N) is 3. The molecule has 10 heteroatoms. The number of aromatic amines is 1. The van der Waals surface area contributed by atoms with Crippen molar-refractivity contribution in [1.29, 1.82) is 0 Å². The summed E-state index contributed by atoms with van der Waals surface area (Å²) in [6, 6.07) is 6.42. The number of hydrogen-bond acceptors (Lipinski definition) is 5. The van der Waals surface area contributed by atoms with Gasteiger partial charge in [0.1, 0.15) is 23.1 Å². The summed E-state index contributed by atoms with van der Waals surface area (Å²) in [5.74, 6) is -4.08. The quantitative estimate of drug-likeness (QED) is 0.414. The highest BCUT2D eigenvalue weighted by Gasteiger charge is 2.49. The molecule has 1 atom stereocenters. The predicted molar refractivity (Wildman–Crippen MR) is 120 cm³/mol. The van der Waals surface area contributed by atoms with E-state index in [2.05, 4.69) is 20.3 Å². The summed E-state index contributed by atoms with van der Waals surface area (Å²) in [5, 5.41) is 13.5. The van der Waals surface area contributed by atoms with Crippen molar-refractivity contribution in [2.24, 2.45) is 7.05 Å². The van der Waals surface area contributed by atoms with Gasteiger partial charge in [0.05, 0.1) is 28.2 Å². The van der Waals surface area contributed by atoms with E-state index < -0.39 is 28.9 Å². The number of anilines is 1. The van der Waals surface area contributed by atoms with E-state index in [1.165, 1.54) is 16.7 Å². The zero-order valence-corrected chi connectivity index (χ0v) is 18.8. The lowest BCUT2D eigenvalue weighted by atomic mass is 9.91. The van der Waals surface area contributed by atoms with Crippen LogP contribution in [0.3, 0.4) is 0 Å². The lowest BCUT2D eigenvalue weighted by Gasteiger charge is -2.30. The van der Waals surface area contributed by atoms with Gasteiger partial charge in [-0.2, -0.15) is 8.78 Å². The van der Waals surface area contributed by atoms with Crippen LogP contribution in [0.15, 0.2) is 35.1 Å². The van der Waals surface area contributed by atoms with Gasteiger partial charge >= 0.3 is 11.6 Å². The minimum absolute atomic E-state index is 0.00460. The summed E-state index contributed by atoms with van der Waals surface area (Å²) < 4.78 is 46.0. The monoisotopic (exact) mass is 459 g/mol. The molecular formula is C23H24F3N5O2. The normalized spacial score (nSPS) is 13.6. The summed E-state index contributed by atoms with van der Waals surface area (Å²) in [7, 11) is 1.64. The average molecular weight is 459 g/mol. The first-order chi connectivity index (χ1) is 15.3. The van der Waals surface area contributed by atoms with Gasteiger partial charge in [-0.15, -0.1) is 0 Å². The molecule has 0 aliphatic heterocycles.